The smallest absolute Gasteiger partial charge is 0.263 e. The summed E-state index contributed by atoms with van der Waals surface area (Å²) in [5, 5.41) is 23.3. The van der Waals surface area contributed by atoms with Crippen LogP contribution in [0, 0.1) is 22.7 Å². The third kappa shape index (κ3) is 2.57. The number of aromatic amines is 1. The lowest BCUT2D eigenvalue weighted by atomic mass is 10.2. The number of nitrogens with zero attached hydrogens (tertiary/aromatic N) is 3. The molecule has 0 aliphatic heterocycles. The molecule has 2 rings (SSSR count). The zero-order valence-corrected chi connectivity index (χ0v) is 11.3. The van der Waals surface area contributed by atoms with Crippen molar-refractivity contribution in [2.45, 2.75) is 4.90 Å². The highest BCUT2D eigenvalue weighted by Crippen LogP contribution is 2.25. The lowest BCUT2D eigenvalue weighted by Gasteiger charge is -2.08. The van der Waals surface area contributed by atoms with Crippen LogP contribution < -0.4 is 4.72 Å². The Morgan fingerprint density at radius 1 is 1.30 bits per heavy atom. The lowest BCUT2D eigenvalue weighted by Crippen LogP contribution is -2.14. The Bertz CT molecular complexity index is 844. The van der Waals surface area contributed by atoms with Gasteiger partial charge < -0.3 is 0 Å². The quantitative estimate of drug-likeness (QED) is 0.891. The first kappa shape index (κ1) is 13.9. The Kier molecular flexibility index (Phi) is 3.61. The molecule has 9 heteroatoms. The third-order valence-corrected chi connectivity index (χ3v) is 4.18. The molecule has 0 unspecified atom stereocenters. The van der Waals surface area contributed by atoms with Crippen molar-refractivity contribution < 1.29 is 8.42 Å². The summed E-state index contributed by atoms with van der Waals surface area (Å²) in [6.45, 7) is 0. The maximum atomic E-state index is 12.2. The second-order valence-corrected chi connectivity index (χ2v) is 5.69. The number of H-pyrrole nitrogens is 1. The van der Waals surface area contributed by atoms with Gasteiger partial charge in [0.1, 0.15) is 16.5 Å². The Labute approximate surface area is 119 Å². The first-order valence-electron chi connectivity index (χ1n) is 5.14. The molecule has 0 spiro atoms. The van der Waals surface area contributed by atoms with Crippen molar-refractivity contribution in [1.29, 1.82) is 10.5 Å². The number of benzene rings is 1. The highest BCUT2D eigenvalue weighted by molar-refractivity contribution is 7.92. The van der Waals surface area contributed by atoms with Gasteiger partial charge >= 0.3 is 0 Å². The Balaban J connectivity index is 2.42. The van der Waals surface area contributed by atoms with Crippen molar-refractivity contribution >= 4 is 27.4 Å². The zero-order chi connectivity index (χ0) is 14.8. The Hall–Kier alpha value is -2.55. The van der Waals surface area contributed by atoms with E-state index in [1.807, 2.05) is 6.07 Å². The van der Waals surface area contributed by atoms with Crippen LogP contribution in [0.25, 0.3) is 0 Å². The number of hydrogen-bond acceptors (Lipinski definition) is 5. The van der Waals surface area contributed by atoms with E-state index in [-0.39, 0.29) is 26.9 Å². The maximum absolute atomic E-state index is 12.2. The number of sulfonamides is 1. The molecule has 1 aromatic heterocycles. The molecular formula is C11H6ClN5O2S. The number of anilines is 1. The number of nitriles is 2. The topological polar surface area (TPSA) is 122 Å². The van der Waals surface area contributed by atoms with Crippen molar-refractivity contribution in [3.8, 4) is 12.1 Å². The van der Waals surface area contributed by atoms with E-state index >= 15 is 0 Å². The van der Waals surface area contributed by atoms with Crippen LogP contribution in [0.2, 0.25) is 5.02 Å². The SMILES string of the molecule is N#Cc1ccc(S(=O)(=O)Nc2[nH]ncc2C#N)c(Cl)c1. The van der Waals surface area contributed by atoms with Gasteiger partial charge in [-0.1, -0.05) is 11.6 Å². The number of rotatable bonds is 3. The molecule has 0 atom stereocenters. The van der Waals surface area contributed by atoms with Crippen molar-refractivity contribution in [2.75, 3.05) is 4.72 Å². The van der Waals surface area contributed by atoms with Gasteiger partial charge in [0, 0.05) is 0 Å². The standard InChI is InChI=1S/C11H6ClN5O2S/c12-9-3-7(4-13)1-2-10(9)20(18,19)17-11-8(5-14)6-15-16-11/h1-3,6H,(H2,15,16,17). The van der Waals surface area contributed by atoms with E-state index in [4.69, 9.17) is 22.1 Å². The van der Waals surface area contributed by atoms with Crippen LogP contribution >= 0.6 is 11.6 Å². The molecule has 0 radical (unpaired) electrons. The third-order valence-electron chi connectivity index (χ3n) is 2.35. The van der Waals surface area contributed by atoms with Gasteiger partial charge in [-0.05, 0) is 18.2 Å². The van der Waals surface area contributed by atoms with Crippen LogP contribution in [0.4, 0.5) is 5.82 Å². The minimum atomic E-state index is -3.99. The molecular weight excluding hydrogens is 302 g/mol. The van der Waals surface area contributed by atoms with Crippen molar-refractivity contribution in [3.05, 3.63) is 40.5 Å². The molecule has 7 nitrogen and oxygen atoms in total. The highest BCUT2D eigenvalue weighted by Gasteiger charge is 2.20. The van der Waals surface area contributed by atoms with Gasteiger partial charge in [0.05, 0.1) is 22.9 Å². The van der Waals surface area contributed by atoms with Gasteiger partial charge in [0.2, 0.25) is 0 Å². The summed E-state index contributed by atoms with van der Waals surface area (Å²) >= 11 is 5.85. The summed E-state index contributed by atoms with van der Waals surface area (Å²) in [6.07, 6.45) is 1.19. The summed E-state index contributed by atoms with van der Waals surface area (Å²) < 4.78 is 26.5. The molecule has 0 aliphatic carbocycles. The molecule has 0 amide bonds. The minimum Gasteiger partial charge on any atom is -0.263 e. The minimum absolute atomic E-state index is 0.0482. The molecule has 0 fully saturated rings. The molecule has 0 aliphatic rings. The summed E-state index contributed by atoms with van der Waals surface area (Å²) in [4.78, 5) is -0.198. The van der Waals surface area contributed by atoms with E-state index in [0.717, 1.165) is 0 Å². The highest BCUT2D eigenvalue weighted by atomic mass is 35.5. The summed E-state index contributed by atoms with van der Waals surface area (Å²) in [5.41, 5.74) is 0.298. The monoisotopic (exact) mass is 307 g/mol. The van der Waals surface area contributed by atoms with E-state index in [1.54, 1.807) is 6.07 Å². The average Bonchev–Trinajstić information content (AvgIpc) is 2.84. The Morgan fingerprint density at radius 2 is 2.05 bits per heavy atom. The lowest BCUT2D eigenvalue weighted by molar-refractivity contribution is 0.601. The van der Waals surface area contributed by atoms with E-state index in [9.17, 15) is 8.42 Å². The van der Waals surface area contributed by atoms with E-state index < -0.39 is 10.0 Å². The van der Waals surface area contributed by atoms with E-state index in [0.29, 0.717) is 0 Å². The van der Waals surface area contributed by atoms with Gasteiger partial charge in [-0.25, -0.2) is 8.42 Å². The van der Waals surface area contributed by atoms with Crippen molar-refractivity contribution in [2.24, 2.45) is 0 Å². The summed E-state index contributed by atoms with van der Waals surface area (Å²) in [7, 11) is -3.99. The van der Waals surface area contributed by atoms with Crippen LogP contribution in [-0.4, -0.2) is 18.6 Å². The van der Waals surface area contributed by atoms with E-state index in [2.05, 4.69) is 14.9 Å². The molecule has 20 heavy (non-hydrogen) atoms. The molecule has 0 saturated heterocycles. The van der Waals surface area contributed by atoms with Crippen LogP contribution in [0.15, 0.2) is 29.3 Å². The van der Waals surface area contributed by atoms with Crippen LogP contribution in [0.1, 0.15) is 11.1 Å². The molecule has 1 aromatic carbocycles. The number of hydrogen-bond donors (Lipinski definition) is 2. The largest absolute Gasteiger partial charge is 0.264 e. The summed E-state index contributed by atoms with van der Waals surface area (Å²) in [6, 6.07) is 7.43. The summed E-state index contributed by atoms with van der Waals surface area (Å²) in [5.74, 6) is -0.0482. The normalized spacial score (nSPS) is 10.6. The number of halogens is 1. The van der Waals surface area contributed by atoms with Gasteiger partial charge in [-0.2, -0.15) is 15.6 Å². The second-order valence-electron chi connectivity index (χ2n) is 3.63. The number of nitrogens with one attached hydrogen (secondary N) is 2. The fourth-order valence-corrected chi connectivity index (χ4v) is 3.01. The van der Waals surface area contributed by atoms with Gasteiger partial charge in [-0.15, -0.1) is 0 Å². The van der Waals surface area contributed by atoms with Crippen LogP contribution in [0.3, 0.4) is 0 Å². The predicted molar refractivity (Wildman–Crippen MR) is 70.3 cm³/mol. The first-order chi connectivity index (χ1) is 9.47. The molecule has 0 saturated carbocycles. The fraction of sp³-hybridized carbons (Fsp3) is 0. The van der Waals surface area contributed by atoms with Crippen molar-refractivity contribution in [1.82, 2.24) is 10.2 Å². The van der Waals surface area contributed by atoms with Crippen LogP contribution in [-0.2, 0) is 10.0 Å². The zero-order valence-electron chi connectivity index (χ0n) is 9.75. The van der Waals surface area contributed by atoms with Gasteiger partial charge in [-0.3, -0.25) is 9.82 Å². The van der Waals surface area contributed by atoms with E-state index in [1.165, 1.54) is 24.4 Å². The Morgan fingerprint density at radius 3 is 2.65 bits per heavy atom. The van der Waals surface area contributed by atoms with Gasteiger partial charge in [0.25, 0.3) is 10.0 Å². The predicted octanol–water partition coefficient (Wildman–Crippen LogP) is 1.61. The fourth-order valence-electron chi connectivity index (χ4n) is 1.43. The van der Waals surface area contributed by atoms with Crippen molar-refractivity contribution in [3.63, 3.8) is 0 Å². The molecule has 0 bridgehead atoms. The first-order valence-corrected chi connectivity index (χ1v) is 7.00. The second kappa shape index (κ2) is 5.21. The molecule has 1 heterocycles. The molecule has 2 aromatic rings. The average molecular weight is 308 g/mol. The van der Waals surface area contributed by atoms with Gasteiger partial charge in [0.15, 0.2) is 5.82 Å². The molecule has 100 valence electrons. The maximum Gasteiger partial charge on any atom is 0.264 e. The van der Waals surface area contributed by atoms with Crippen LogP contribution in [0.5, 0.6) is 0 Å². The number of aromatic nitrogens is 2. The molecule has 2 N–H and O–H groups in total.